The number of likely N-dealkylation sites (tertiary alicyclic amines) is 1. The minimum Gasteiger partial charge on any atom is -0.444 e. The van der Waals surface area contributed by atoms with E-state index in [0.29, 0.717) is 13.1 Å². The van der Waals surface area contributed by atoms with Gasteiger partial charge in [0.05, 0.1) is 6.04 Å². The number of ether oxygens (including phenoxy) is 1. The maximum absolute atomic E-state index is 12.9. The Balaban J connectivity index is 1.98. The summed E-state index contributed by atoms with van der Waals surface area (Å²) in [5.41, 5.74) is 11.0. The van der Waals surface area contributed by atoms with Crippen LogP contribution in [0.25, 0.3) is 11.1 Å². The van der Waals surface area contributed by atoms with Crippen molar-refractivity contribution in [3.05, 3.63) is 53.3 Å². The highest BCUT2D eigenvalue weighted by molar-refractivity contribution is 5.72. The fourth-order valence-corrected chi connectivity index (χ4v) is 3.82. The van der Waals surface area contributed by atoms with Crippen molar-refractivity contribution in [3.8, 4) is 11.1 Å². The predicted octanol–water partition coefficient (Wildman–Crippen LogP) is 4.98. The van der Waals surface area contributed by atoms with Crippen LogP contribution >= 0.6 is 0 Å². The minimum absolute atomic E-state index is 0.0261. The second-order valence-corrected chi connectivity index (χ2v) is 8.49. The van der Waals surface area contributed by atoms with E-state index in [-0.39, 0.29) is 12.1 Å². The van der Waals surface area contributed by atoms with Crippen LogP contribution in [-0.4, -0.2) is 28.1 Å². The summed E-state index contributed by atoms with van der Waals surface area (Å²) in [6.07, 6.45) is 6.46. The molecule has 150 valence electrons. The maximum Gasteiger partial charge on any atom is 0.410 e. The zero-order valence-corrected chi connectivity index (χ0v) is 17.4. The van der Waals surface area contributed by atoms with E-state index in [1.807, 2.05) is 44.1 Å². The summed E-state index contributed by atoms with van der Waals surface area (Å²) < 4.78 is 5.68. The normalized spacial score (nSPS) is 17.5. The lowest BCUT2D eigenvalue weighted by Gasteiger charge is -2.37. The van der Waals surface area contributed by atoms with Gasteiger partial charge >= 0.3 is 6.09 Å². The monoisotopic (exact) mass is 381 g/mol. The van der Waals surface area contributed by atoms with Crippen LogP contribution in [0.1, 0.15) is 62.8 Å². The molecule has 0 radical (unpaired) electrons. The van der Waals surface area contributed by atoms with E-state index in [1.54, 1.807) is 0 Å². The molecule has 0 aliphatic carbocycles. The molecule has 1 saturated heterocycles. The van der Waals surface area contributed by atoms with Crippen LogP contribution in [0, 0.1) is 6.92 Å². The molecule has 2 heterocycles. The van der Waals surface area contributed by atoms with E-state index in [9.17, 15) is 4.79 Å². The third kappa shape index (κ3) is 4.53. The molecule has 1 aromatic carbocycles. The van der Waals surface area contributed by atoms with Crippen molar-refractivity contribution in [2.75, 3.05) is 6.54 Å². The molecular weight excluding hydrogens is 350 g/mol. The van der Waals surface area contributed by atoms with Crippen molar-refractivity contribution in [3.63, 3.8) is 0 Å². The van der Waals surface area contributed by atoms with Crippen LogP contribution < -0.4 is 5.73 Å². The number of hydrogen-bond acceptors (Lipinski definition) is 4. The first kappa shape index (κ1) is 20.3. The van der Waals surface area contributed by atoms with Gasteiger partial charge in [0, 0.05) is 31.0 Å². The first-order chi connectivity index (χ1) is 13.3. The highest BCUT2D eigenvalue weighted by atomic mass is 16.6. The van der Waals surface area contributed by atoms with E-state index in [1.165, 1.54) is 5.56 Å². The zero-order chi connectivity index (χ0) is 20.3. The quantitative estimate of drug-likeness (QED) is 0.814. The summed E-state index contributed by atoms with van der Waals surface area (Å²) >= 11 is 0. The van der Waals surface area contributed by atoms with Crippen LogP contribution in [0.5, 0.6) is 0 Å². The van der Waals surface area contributed by atoms with E-state index in [2.05, 4.69) is 30.1 Å². The standard InChI is InChI=1S/C23H31N3O2/c1-16-13-17(8-9-18(16)14-24)19-10-11-25-15-20(19)21-7-5-6-12-26(21)22(27)28-23(2,3)4/h8-11,13,15,21H,5-7,12,14,24H2,1-4H3. The molecule has 0 saturated carbocycles. The number of rotatable bonds is 3. The largest absolute Gasteiger partial charge is 0.444 e. The molecule has 28 heavy (non-hydrogen) atoms. The fraction of sp³-hybridized carbons (Fsp3) is 0.478. The van der Waals surface area contributed by atoms with Gasteiger partial charge in [-0.2, -0.15) is 0 Å². The molecule has 0 spiro atoms. The SMILES string of the molecule is Cc1cc(-c2ccncc2C2CCCCN2C(=O)OC(C)(C)C)ccc1CN. The van der Waals surface area contributed by atoms with Gasteiger partial charge in [0.2, 0.25) is 0 Å². The number of pyridine rings is 1. The number of amides is 1. The molecule has 1 amide bonds. The van der Waals surface area contributed by atoms with Crippen LogP contribution in [0.15, 0.2) is 36.7 Å². The average Bonchev–Trinajstić information content (AvgIpc) is 2.66. The van der Waals surface area contributed by atoms with E-state index in [0.717, 1.165) is 41.5 Å². The number of benzene rings is 1. The molecule has 1 aromatic heterocycles. The molecule has 5 nitrogen and oxygen atoms in total. The molecule has 1 atom stereocenters. The molecule has 2 aromatic rings. The lowest BCUT2D eigenvalue weighted by molar-refractivity contribution is 0.00955. The Morgan fingerprint density at radius 3 is 2.75 bits per heavy atom. The Morgan fingerprint density at radius 2 is 2.07 bits per heavy atom. The van der Waals surface area contributed by atoms with Crippen molar-refractivity contribution in [2.45, 2.75) is 65.1 Å². The molecule has 2 N–H and O–H groups in total. The summed E-state index contributed by atoms with van der Waals surface area (Å²) in [7, 11) is 0. The lowest BCUT2D eigenvalue weighted by Crippen LogP contribution is -2.42. The number of carbonyl (C=O) groups is 1. The maximum atomic E-state index is 12.9. The number of aryl methyl sites for hydroxylation is 1. The second kappa shape index (κ2) is 8.31. The van der Waals surface area contributed by atoms with Gasteiger partial charge in [-0.15, -0.1) is 0 Å². The Kier molecular flexibility index (Phi) is 6.04. The van der Waals surface area contributed by atoms with Crippen molar-refractivity contribution in [1.82, 2.24) is 9.88 Å². The first-order valence-electron chi connectivity index (χ1n) is 10.0. The molecule has 1 fully saturated rings. The summed E-state index contributed by atoms with van der Waals surface area (Å²) in [6.45, 7) is 9.03. The third-order valence-electron chi connectivity index (χ3n) is 5.22. The number of nitrogens with zero attached hydrogens (tertiary/aromatic N) is 2. The van der Waals surface area contributed by atoms with Gasteiger partial charge in [-0.1, -0.05) is 18.2 Å². The van der Waals surface area contributed by atoms with E-state index >= 15 is 0 Å². The number of aromatic nitrogens is 1. The number of piperidine rings is 1. The molecule has 1 aliphatic heterocycles. The Bertz CT molecular complexity index is 842. The fourth-order valence-electron chi connectivity index (χ4n) is 3.82. The third-order valence-corrected chi connectivity index (χ3v) is 5.22. The lowest BCUT2D eigenvalue weighted by atomic mass is 9.90. The highest BCUT2D eigenvalue weighted by Crippen LogP contribution is 2.37. The van der Waals surface area contributed by atoms with Crippen molar-refractivity contribution in [1.29, 1.82) is 0 Å². The molecule has 1 aliphatic rings. The number of carbonyl (C=O) groups excluding carboxylic acids is 1. The second-order valence-electron chi connectivity index (χ2n) is 8.49. The summed E-state index contributed by atoms with van der Waals surface area (Å²) in [5, 5.41) is 0. The topological polar surface area (TPSA) is 68.5 Å². The number of nitrogens with two attached hydrogens (primary N) is 1. The van der Waals surface area contributed by atoms with Crippen molar-refractivity contribution < 1.29 is 9.53 Å². The Hall–Kier alpha value is -2.40. The Morgan fingerprint density at radius 1 is 1.29 bits per heavy atom. The van der Waals surface area contributed by atoms with Gasteiger partial charge in [-0.25, -0.2) is 4.79 Å². The molecule has 5 heteroatoms. The Labute approximate surface area is 167 Å². The van der Waals surface area contributed by atoms with E-state index in [4.69, 9.17) is 10.5 Å². The number of hydrogen-bond donors (Lipinski definition) is 1. The molecule has 0 bridgehead atoms. The molecule has 3 rings (SSSR count). The van der Waals surface area contributed by atoms with Gasteiger partial charge in [0.25, 0.3) is 0 Å². The molecular formula is C23H31N3O2. The van der Waals surface area contributed by atoms with Gasteiger partial charge in [0.15, 0.2) is 0 Å². The van der Waals surface area contributed by atoms with Gasteiger partial charge < -0.3 is 15.4 Å². The minimum atomic E-state index is -0.508. The van der Waals surface area contributed by atoms with Crippen LogP contribution in [-0.2, 0) is 11.3 Å². The predicted molar refractivity (Wildman–Crippen MR) is 112 cm³/mol. The molecule has 1 unspecified atom stereocenters. The summed E-state index contributed by atoms with van der Waals surface area (Å²) in [5.74, 6) is 0. The average molecular weight is 382 g/mol. The first-order valence-corrected chi connectivity index (χ1v) is 10.0. The van der Waals surface area contributed by atoms with Crippen molar-refractivity contribution >= 4 is 6.09 Å². The van der Waals surface area contributed by atoms with E-state index < -0.39 is 5.60 Å². The van der Waals surface area contributed by atoms with Gasteiger partial charge in [0.1, 0.15) is 5.60 Å². The highest BCUT2D eigenvalue weighted by Gasteiger charge is 2.32. The van der Waals surface area contributed by atoms with Crippen molar-refractivity contribution in [2.24, 2.45) is 5.73 Å². The van der Waals surface area contributed by atoms with Crippen LogP contribution in [0.2, 0.25) is 0 Å². The summed E-state index contributed by atoms with van der Waals surface area (Å²) in [6, 6.07) is 8.37. The van der Waals surface area contributed by atoms with Crippen LogP contribution in [0.4, 0.5) is 4.79 Å². The zero-order valence-electron chi connectivity index (χ0n) is 17.4. The summed E-state index contributed by atoms with van der Waals surface area (Å²) in [4.78, 5) is 19.1. The van der Waals surface area contributed by atoms with Gasteiger partial charge in [-0.05, 0) is 75.3 Å². The van der Waals surface area contributed by atoms with Gasteiger partial charge in [-0.3, -0.25) is 4.98 Å². The van der Waals surface area contributed by atoms with Crippen LogP contribution in [0.3, 0.4) is 0 Å². The smallest absolute Gasteiger partial charge is 0.410 e.